The number of carboxylic acids is 1. The average molecular weight is 486 g/mol. The molecule has 1 heterocycles. The fraction of sp³-hybridized carbons (Fsp3) is 0.280. The summed E-state index contributed by atoms with van der Waals surface area (Å²) in [4.78, 5) is 24.8. The van der Waals surface area contributed by atoms with Crippen molar-refractivity contribution in [3.63, 3.8) is 0 Å². The van der Waals surface area contributed by atoms with Gasteiger partial charge in [0.1, 0.15) is 23.5 Å². The van der Waals surface area contributed by atoms with Gasteiger partial charge in [0, 0.05) is 16.0 Å². The quantitative estimate of drug-likeness (QED) is 0.416. The highest BCUT2D eigenvalue weighted by Crippen LogP contribution is 2.36. The second-order valence-electron chi connectivity index (χ2n) is 8.37. The van der Waals surface area contributed by atoms with Gasteiger partial charge in [0.15, 0.2) is 0 Å². The van der Waals surface area contributed by atoms with Gasteiger partial charge in [-0.15, -0.1) is 0 Å². The lowest BCUT2D eigenvalue weighted by atomic mass is 9.99. The zero-order valence-corrected chi connectivity index (χ0v) is 20.0. The molecule has 0 radical (unpaired) electrons. The van der Waals surface area contributed by atoms with E-state index < -0.39 is 28.5 Å². The molecule has 1 aromatic heterocycles. The summed E-state index contributed by atoms with van der Waals surface area (Å²) in [6.07, 6.45) is 2.35. The van der Waals surface area contributed by atoms with E-state index in [0.29, 0.717) is 21.6 Å². The molecule has 1 amide bonds. The monoisotopic (exact) mass is 485 g/mol. The van der Waals surface area contributed by atoms with Gasteiger partial charge in [0.25, 0.3) is 0 Å². The largest absolute Gasteiger partial charge is 0.490 e. The van der Waals surface area contributed by atoms with Crippen molar-refractivity contribution < 1.29 is 32.8 Å². The van der Waals surface area contributed by atoms with Crippen LogP contribution in [-0.4, -0.2) is 40.1 Å². The minimum atomic E-state index is -1.45. The Morgan fingerprint density at radius 3 is 2.44 bits per heavy atom. The van der Waals surface area contributed by atoms with Gasteiger partial charge in [0.05, 0.1) is 35.6 Å². The van der Waals surface area contributed by atoms with Crippen molar-refractivity contribution in [3.8, 4) is 16.9 Å². The van der Waals surface area contributed by atoms with Crippen LogP contribution < -0.4 is 10.1 Å². The lowest BCUT2D eigenvalue weighted by Gasteiger charge is -2.20. The van der Waals surface area contributed by atoms with E-state index >= 15 is 0 Å². The fourth-order valence-electron chi connectivity index (χ4n) is 3.19. The predicted molar refractivity (Wildman–Crippen MR) is 127 cm³/mol. The van der Waals surface area contributed by atoms with Gasteiger partial charge in [-0.1, -0.05) is 30.3 Å². The van der Waals surface area contributed by atoms with Gasteiger partial charge in [0.2, 0.25) is 0 Å². The Bertz CT molecular complexity index is 1150. The third-order valence-electron chi connectivity index (χ3n) is 4.60. The molecule has 2 aromatic carbocycles. The van der Waals surface area contributed by atoms with E-state index in [9.17, 15) is 18.9 Å². The number of hydrogen-bond donors (Lipinski definition) is 2. The Labute approximate surface area is 200 Å². The van der Waals surface area contributed by atoms with Gasteiger partial charge in [-0.05, 0) is 44.5 Å². The number of rotatable bonds is 9. The Morgan fingerprint density at radius 2 is 1.82 bits per heavy atom. The molecule has 9 heteroatoms. The van der Waals surface area contributed by atoms with Crippen LogP contribution in [0.3, 0.4) is 0 Å². The number of carbonyl (C=O) groups excluding carboxylic acids is 1. The van der Waals surface area contributed by atoms with Crippen LogP contribution in [0.2, 0.25) is 0 Å². The van der Waals surface area contributed by atoms with Gasteiger partial charge in [-0.2, -0.15) is 0 Å². The van der Waals surface area contributed by atoms with E-state index in [-0.39, 0.29) is 30.2 Å². The van der Waals surface area contributed by atoms with Crippen LogP contribution in [0, 0.1) is 0 Å². The fourth-order valence-corrected chi connectivity index (χ4v) is 4.34. The molecule has 0 aliphatic heterocycles. The summed E-state index contributed by atoms with van der Waals surface area (Å²) < 4.78 is 29.1. The zero-order valence-electron chi connectivity index (χ0n) is 19.2. The molecular weight excluding hydrogens is 458 g/mol. The molecule has 0 aliphatic carbocycles. The van der Waals surface area contributed by atoms with E-state index in [1.54, 1.807) is 63.2 Å². The normalized spacial score (nSPS) is 12.1. The van der Waals surface area contributed by atoms with Gasteiger partial charge in [-0.25, -0.2) is 9.59 Å². The molecule has 0 saturated carbocycles. The molecule has 1 unspecified atom stereocenters. The summed E-state index contributed by atoms with van der Waals surface area (Å²) in [6, 6.07) is 13.9. The van der Waals surface area contributed by atoms with Crippen LogP contribution in [0.25, 0.3) is 11.1 Å². The maximum absolute atomic E-state index is 12.9. The predicted octanol–water partition coefficient (Wildman–Crippen LogP) is 4.86. The van der Waals surface area contributed by atoms with E-state index in [0.717, 1.165) is 0 Å². The maximum Gasteiger partial charge on any atom is 0.407 e. The third kappa shape index (κ3) is 6.71. The highest BCUT2D eigenvalue weighted by atomic mass is 32.2. The van der Waals surface area contributed by atoms with Crippen LogP contribution in [0.1, 0.15) is 36.7 Å². The van der Waals surface area contributed by atoms with Crippen molar-refractivity contribution in [3.05, 3.63) is 72.2 Å². The number of nitrogens with one attached hydrogen (secondary N) is 1. The number of hydrogen-bond acceptors (Lipinski definition) is 6. The van der Waals surface area contributed by atoms with E-state index in [1.165, 1.54) is 12.5 Å². The van der Waals surface area contributed by atoms with Crippen LogP contribution >= 0.6 is 0 Å². The van der Waals surface area contributed by atoms with Crippen molar-refractivity contribution in [2.75, 3.05) is 13.2 Å². The van der Waals surface area contributed by atoms with E-state index in [4.69, 9.17) is 13.9 Å². The Balaban J connectivity index is 1.87. The first kappa shape index (κ1) is 25.0. The zero-order chi connectivity index (χ0) is 24.7. The SMILES string of the molecule is CC(C)(C)OC(=O)NCCOc1c(-c2ccoc2)ccc(CS(=O)c2ccccc2)c1C(=O)O. The summed E-state index contributed by atoms with van der Waals surface area (Å²) in [5.74, 6) is -1.09. The molecular formula is C25H27NO7S. The molecule has 3 rings (SSSR count). The van der Waals surface area contributed by atoms with Crippen LogP contribution in [-0.2, 0) is 21.3 Å². The second-order valence-corrected chi connectivity index (χ2v) is 9.82. The van der Waals surface area contributed by atoms with Gasteiger partial charge < -0.3 is 24.3 Å². The van der Waals surface area contributed by atoms with Gasteiger partial charge in [-0.3, -0.25) is 4.21 Å². The van der Waals surface area contributed by atoms with Crippen LogP contribution in [0.15, 0.2) is 70.4 Å². The Hall–Kier alpha value is -3.59. The minimum Gasteiger partial charge on any atom is -0.490 e. The number of benzene rings is 2. The summed E-state index contributed by atoms with van der Waals surface area (Å²) in [5, 5.41) is 12.6. The van der Waals surface area contributed by atoms with Crippen molar-refractivity contribution in [1.82, 2.24) is 5.32 Å². The first-order valence-corrected chi connectivity index (χ1v) is 11.9. The molecule has 8 nitrogen and oxygen atoms in total. The lowest BCUT2D eigenvalue weighted by Crippen LogP contribution is -2.34. The smallest absolute Gasteiger partial charge is 0.407 e. The van der Waals surface area contributed by atoms with Crippen molar-refractivity contribution in [2.45, 2.75) is 37.0 Å². The molecule has 0 bridgehead atoms. The second kappa shape index (κ2) is 11.0. The third-order valence-corrected chi connectivity index (χ3v) is 5.97. The number of amides is 1. The van der Waals surface area contributed by atoms with E-state index in [2.05, 4.69) is 5.32 Å². The molecule has 3 aromatic rings. The highest BCUT2D eigenvalue weighted by molar-refractivity contribution is 7.84. The van der Waals surface area contributed by atoms with Gasteiger partial charge >= 0.3 is 12.1 Å². The first-order chi connectivity index (χ1) is 16.2. The van der Waals surface area contributed by atoms with Crippen LogP contribution in [0.5, 0.6) is 5.75 Å². The number of alkyl carbamates (subject to hydrolysis) is 1. The average Bonchev–Trinajstić information content (AvgIpc) is 3.30. The van der Waals surface area contributed by atoms with Crippen molar-refractivity contribution in [2.24, 2.45) is 0 Å². The number of furan rings is 1. The molecule has 1 atom stereocenters. The van der Waals surface area contributed by atoms with Crippen molar-refractivity contribution >= 4 is 22.9 Å². The van der Waals surface area contributed by atoms with Crippen LogP contribution in [0.4, 0.5) is 4.79 Å². The molecule has 2 N–H and O–H groups in total. The lowest BCUT2D eigenvalue weighted by molar-refractivity contribution is 0.0518. The molecule has 0 aliphatic rings. The number of ether oxygens (including phenoxy) is 2. The number of carboxylic acid groups (broad SMARTS) is 1. The van der Waals surface area contributed by atoms with E-state index in [1.807, 2.05) is 6.07 Å². The molecule has 0 spiro atoms. The number of aromatic carboxylic acids is 1. The highest BCUT2D eigenvalue weighted by Gasteiger charge is 2.24. The molecule has 0 fully saturated rings. The molecule has 34 heavy (non-hydrogen) atoms. The number of carbonyl (C=O) groups is 2. The topological polar surface area (TPSA) is 115 Å². The maximum atomic E-state index is 12.9. The summed E-state index contributed by atoms with van der Waals surface area (Å²) >= 11 is 0. The summed E-state index contributed by atoms with van der Waals surface area (Å²) in [7, 11) is -1.45. The standard InChI is InChI=1S/C25H27NO7S/c1-25(2,3)33-24(29)26-12-14-32-22-20(17-11-13-31-15-17)10-9-18(21(22)23(27)28)16-34(30)19-7-5-4-6-8-19/h4-11,13,15H,12,14,16H2,1-3H3,(H,26,29)(H,27,28). The first-order valence-electron chi connectivity index (χ1n) is 10.6. The summed E-state index contributed by atoms with van der Waals surface area (Å²) in [6.45, 7) is 5.35. The Kier molecular flexibility index (Phi) is 8.12. The van der Waals surface area contributed by atoms with Crippen molar-refractivity contribution in [1.29, 1.82) is 0 Å². The Morgan fingerprint density at radius 1 is 1.09 bits per heavy atom. The summed E-state index contributed by atoms with van der Waals surface area (Å²) in [5.41, 5.74) is 0.793. The molecule has 180 valence electrons. The molecule has 0 saturated heterocycles. The minimum absolute atomic E-state index is 0.00380.